The number of hydrogen-bond donors (Lipinski definition) is 2. The van der Waals surface area contributed by atoms with Crippen molar-refractivity contribution in [2.45, 2.75) is 63.8 Å². The van der Waals surface area contributed by atoms with E-state index in [9.17, 15) is 4.79 Å². The van der Waals surface area contributed by atoms with Crippen LogP contribution in [0.3, 0.4) is 0 Å². The molecule has 4 atom stereocenters. The Labute approximate surface area is 160 Å². The summed E-state index contributed by atoms with van der Waals surface area (Å²) in [5, 5.41) is 3.54. The minimum absolute atomic E-state index is 0.142. The first kappa shape index (κ1) is 18.9. The number of nitrogens with zero attached hydrogens (tertiary/aromatic N) is 1. The van der Waals surface area contributed by atoms with E-state index in [1.54, 1.807) is 19.1 Å². The van der Waals surface area contributed by atoms with Gasteiger partial charge in [-0.3, -0.25) is 9.69 Å². The molecule has 1 aromatic rings. The quantitative estimate of drug-likeness (QED) is 0.627. The number of fused-ring (bicyclic) bond motifs is 2. The lowest BCUT2D eigenvalue weighted by molar-refractivity contribution is 0.0851. The van der Waals surface area contributed by atoms with Gasteiger partial charge in [0.25, 0.3) is 5.91 Å². The number of nitrogen functional groups attached to an aromatic ring is 1. The summed E-state index contributed by atoms with van der Waals surface area (Å²) in [7, 11) is 2.15. The number of likely N-dealkylation sites (N-methyl/N-ethyl adjacent to an activating group) is 1. The van der Waals surface area contributed by atoms with Crippen LogP contribution in [0.25, 0.3) is 0 Å². The third-order valence-corrected chi connectivity index (χ3v) is 5.81. The van der Waals surface area contributed by atoms with Gasteiger partial charge in [-0.2, -0.15) is 0 Å². The van der Waals surface area contributed by atoms with Crippen LogP contribution in [0.5, 0.6) is 5.75 Å². The molecule has 2 aliphatic rings. The summed E-state index contributed by atoms with van der Waals surface area (Å²) < 4.78 is 5.83. The summed E-state index contributed by atoms with van der Waals surface area (Å²) in [5.41, 5.74) is 6.68. The minimum Gasteiger partial charge on any atom is -0.477 e. The second kappa shape index (κ2) is 7.77. The lowest BCUT2D eigenvalue weighted by atomic mass is 9.97. The van der Waals surface area contributed by atoms with Crippen LogP contribution in [0.4, 0.5) is 5.69 Å². The third kappa shape index (κ3) is 3.77. The fourth-order valence-corrected chi connectivity index (χ4v) is 4.28. The van der Waals surface area contributed by atoms with E-state index in [1.807, 2.05) is 6.92 Å². The average molecular weight is 376 g/mol. The second-order valence-electron chi connectivity index (χ2n) is 7.15. The smallest absolute Gasteiger partial charge is 0.255 e. The lowest BCUT2D eigenvalue weighted by Crippen LogP contribution is -2.52. The van der Waals surface area contributed by atoms with Gasteiger partial charge in [0, 0.05) is 24.2 Å². The molecule has 140 valence electrons. The van der Waals surface area contributed by atoms with E-state index in [-0.39, 0.29) is 18.1 Å². The van der Waals surface area contributed by atoms with E-state index < -0.39 is 0 Å². The second-order valence-corrected chi connectivity index (χ2v) is 7.55. The molecule has 3 rings (SSSR count). The molecule has 1 aromatic carbocycles. The van der Waals surface area contributed by atoms with Crippen LogP contribution < -0.4 is 15.8 Å². The number of carbonyl (C=O) groups excluding carboxylic acids is 1. The Morgan fingerprint density at radius 3 is 2.85 bits per heavy atom. The first-order valence-corrected chi connectivity index (χ1v) is 9.49. The van der Waals surface area contributed by atoms with Gasteiger partial charge in [-0.15, -0.1) is 5.92 Å². The molecule has 2 unspecified atom stereocenters. The maximum atomic E-state index is 13.0. The average Bonchev–Trinajstić information content (AvgIpc) is 2.82. The van der Waals surface area contributed by atoms with Crippen LogP contribution in [-0.2, 0) is 0 Å². The van der Waals surface area contributed by atoms with Gasteiger partial charge >= 0.3 is 0 Å². The van der Waals surface area contributed by atoms with Gasteiger partial charge in [-0.1, -0.05) is 17.5 Å². The molecular formula is C20H26ClN3O2. The van der Waals surface area contributed by atoms with E-state index in [0.29, 0.717) is 34.1 Å². The van der Waals surface area contributed by atoms with E-state index in [2.05, 4.69) is 29.1 Å². The molecule has 3 N–H and O–H groups in total. The molecular weight excluding hydrogens is 350 g/mol. The number of amides is 1. The highest BCUT2D eigenvalue weighted by atomic mass is 35.5. The van der Waals surface area contributed by atoms with Gasteiger partial charge in [0.2, 0.25) is 0 Å². The van der Waals surface area contributed by atoms with E-state index in [4.69, 9.17) is 22.1 Å². The Balaban J connectivity index is 1.81. The number of hydrogen-bond acceptors (Lipinski definition) is 4. The molecule has 2 bridgehead atoms. The van der Waals surface area contributed by atoms with E-state index >= 15 is 0 Å². The summed E-state index contributed by atoms with van der Waals surface area (Å²) in [5.74, 6) is 5.96. The summed E-state index contributed by atoms with van der Waals surface area (Å²) in [6.45, 7) is 3.58. The zero-order valence-electron chi connectivity index (χ0n) is 15.5. The van der Waals surface area contributed by atoms with Gasteiger partial charge in [0.05, 0.1) is 16.3 Å². The molecule has 0 aliphatic carbocycles. The predicted octanol–water partition coefficient (Wildman–Crippen LogP) is 3.07. The number of rotatable bonds is 4. The largest absolute Gasteiger partial charge is 0.477 e. The molecule has 26 heavy (non-hydrogen) atoms. The first-order valence-electron chi connectivity index (χ1n) is 9.11. The van der Waals surface area contributed by atoms with Crippen molar-refractivity contribution in [3.05, 3.63) is 22.7 Å². The molecule has 1 amide bonds. The van der Waals surface area contributed by atoms with Crippen LogP contribution in [0.1, 0.15) is 49.9 Å². The number of piperidine rings is 1. The Morgan fingerprint density at radius 1 is 1.38 bits per heavy atom. The topological polar surface area (TPSA) is 67.6 Å². The van der Waals surface area contributed by atoms with Crippen molar-refractivity contribution >= 4 is 23.2 Å². The molecule has 2 fully saturated rings. The number of benzene rings is 1. The standard InChI is InChI=1S/C20H26ClN3O2/c1-4-5-12(2)26-19-11-16(22)15(21)10-14(19)20(25)23-17-8-6-13-7-9-18(17)24(13)3/h10-13,17-18H,6-9,22H2,1-3H3,(H,23,25)/t12-,13?,17+,18?/m0/s1. The fourth-order valence-electron chi connectivity index (χ4n) is 4.12. The molecule has 0 radical (unpaired) electrons. The molecule has 2 aliphatic heterocycles. The number of ether oxygens (including phenoxy) is 1. The zero-order valence-corrected chi connectivity index (χ0v) is 16.3. The highest BCUT2D eigenvalue weighted by Crippen LogP contribution is 2.35. The predicted molar refractivity (Wildman–Crippen MR) is 104 cm³/mol. The molecule has 0 aromatic heterocycles. The summed E-state index contributed by atoms with van der Waals surface area (Å²) in [4.78, 5) is 15.4. The zero-order chi connectivity index (χ0) is 18.8. The lowest BCUT2D eigenvalue weighted by Gasteiger charge is -2.37. The van der Waals surface area contributed by atoms with Crippen molar-refractivity contribution in [3.63, 3.8) is 0 Å². The highest BCUT2D eigenvalue weighted by molar-refractivity contribution is 6.33. The number of nitrogens with one attached hydrogen (secondary N) is 1. The number of anilines is 1. The van der Waals surface area contributed by atoms with Gasteiger partial charge in [-0.05, 0) is 52.6 Å². The highest BCUT2D eigenvalue weighted by Gasteiger charge is 2.40. The van der Waals surface area contributed by atoms with Crippen LogP contribution >= 0.6 is 11.6 Å². The van der Waals surface area contributed by atoms with Gasteiger partial charge < -0.3 is 15.8 Å². The Bertz CT molecular complexity index is 755. The van der Waals surface area contributed by atoms with Crippen LogP contribution in [-0.4, -0.2) is 42.1 Å². The minimum atomic E-state index is -0.344. The molecule has 0 spiro atoms. The van der Waals surface area contributed by atoms with E-state index in [0.717, 1.165) is 19.3 Å². The summed E-state index contributed by atoms with van der Waals surface area (Å²) >= 11 is 6.16. The number of carbonyl (C=O) groups is 1. The molecule has 5 nitrogen and oxygen atoms in total. The Hall–Kier alpha value is -1.90. The van der Waals surface area contributed by atoms with Gasteiger partial charge in [0.1, 0.15) is 5.75 Å². The third-order valence-electron chi connectivity index (χ3n) is 5.48. The van der Waals surface area contributed by atoms with Crippen molar-refractivity contribution in [2.75, 3.05) is 12.8 Å². The van der Waals surface area contributed by atoms with Crippen molar-refractivity contribution in [1.82, 2.24) is 10.2 Å². The van der Waals surface area contributed by atoms with E-state index in [1.165, 1.54) is 6.42 Å². The molecule has 2 saturated heterocycles. The molecule has 6 heteroatoms. The monoisotopic (exact) mass is 375 g/mol. The Morgan fingerprint density at radius 2 is 2.12 bits per heavy atom. The maximum absolute atomic E-state index is 13.0. The van der Waals surface area contributed by atoms with Crippen molar-refractivity contribution < 1.29 is 9.53 Å². The SMILES string of the molecule is CC#C[C@H](C)Oc1cc(N)c(Cl)cc1C(=O)N[C@@H]1CCC2CCC1N2C. The van der Waals surface area contributed by atoms with Crippen molar-refractivity contribution in [3.8, 4) is 17.6 Å². The summed E-state index contributed by atoms with van der Waals surface area (Å²) in [6, 6.07) is 4.38. The Kier molecular flexibility index (Phi) is 5.64. The number of halogens is 1. The van der Waals surface area contributed by atoms with Crippen molar-refractivity contribution in [1.29, 1.82) is 0 Å². The van der Waals surface area contributed by atoms with Gasteiger partial charge in [-0.25, -0.2) is 0 Å². The molecule has 0 saturated carbocycles. The first-order chi connectivity index (χ1) is 12.4. The normalized spacial score (nSPS) is 25.9. The summed E-state index contributed by atoms with van der Waals surface area (Å²) in [6.07, 6.45) is 4.11. The van der Waals surface area contributed by atoms with Crippen LogP contribution in [0.15, 0.2) is 12.1 Å². The molecule has 2 heterocycles. The fraction of sp³-hybridized carbons (Fsp3) is 0.550. The van der Waals surface area contributed by atoms with Gasteiger partial charge in [0.15, 0.2) is 6.10 Å². The van der Waals surface area contributed by atoms with Crippen LogP contribution in [0.2, 0.25) is 5.02 Å². The van der Waals surface area contributed by atoms with Crippen LogP contribution in [0, 0.1) is 11.8 Å². The maximum Gasteiger partial charge on any atom is 0.255 e. The number of nitrogens with two attached hydrogens (primary N) is 1. The van der Waals surface area contributed by atoms with Crippen molar-refractivity contribution in [2.24, 2.45) is 0 Å².